The van der Waals surface area contributed by atoms with Crippen molar-refractivity contribution in [3.63, 3.8) is 0 Å². The number of halogens is 2. The normalized spacial score (nSPS) is 20.1. The molecule has 0 radical (unpaired) electrons. The fourth-order valence-corrected chi connectivity index (χ4v) is 2.89. The van der Waals surface area contributed by atoms with Gasteiger partial charge in [-0.25, -0.2) is 0 Å². The predicted octanol–water partition coefficient (Wildman–Crippen LogP) is 2.86. The van der Waals surface area contributed by atoms with Crippen molar-refractivity contribution >= 4 is 29.9 Å². The average molecular weight is 315 g/mol. The van der Waals surface area contributed by atoms with Crippen LogP contribution in [0.3, 0.4) is 0 Å². The second-order valence-electron chi connectivity index (χ2n) is 5.58. The van der Waals surface area contributed by atoms with E-state index in [0.29, 0.717) is 6.54 Å². The molecule has 5 heteroatoms. The molecule has 3 rings (SSSR count). The molecule has 0 aliphatic heterocycles. The van der Waals surface area contributed by atoms with Crippen molar-refractivity contribution in [2.45, 2.75) is 31.7 Å². The van der Waals surface area contributed by atoms with Gasteiger partial charge < -0.3 is 10.6 Å². The highest BCUT2D eigenvalue weighted by Crippen LogP contribution is 2.32. The summed E-state index contributed by atoms with van der Waals surface area (Å²) in [6, 6.07) is 6.10. The van der Waals surface area contributed by atoms with E-state index in [-0.39, 0.29) is 24.4 Å². The van der Waals surface area contributed by atoms with Gasteiger partial charge in [0.2, 0.25) is 5.91 Å². The monoisotopic (exact) mass is 314 g/mol. The van der Waals surface area contributed by atoms with E-state index in [1.807, 2.05) is 18.2 Å². The van der Waals surface area contributed by atoms with Crippen LogP contribution < -0.4 is 10.6 Å². The molecule has 1 aromatic carbocycles. The molecule has 2 aliphatic carbocycles. The van der Waals surface area contributed by atoms with Crippen molar-refractivity contribution in [3.05, 3.63) is 34.3 Å². The quantitative estimate of drug-likeness (QED) is 0.877. The first-order valence-electron chi connectivity index (χ1n) is 7.01. The van der Waals surface area contributed by atoms with Gasteiger partial charge in [0.25, 0.3) is 0 Å². The van der Waals surface area contributed by atoms with Crippen molar-refractivity contribution in [2.75, 3.05) is 13.1 Å². The number of nitrogens with one attached hydrogen (secondary N) is 2. The first-order chi connectivity index (χ1) is 9.22. The smallest absolute Gasteiger partial charge is 0.234 e. The molecule has 1 fully saturated rings. The number of benzene rings is 1. The number of carbonyl (C=O) groups excluding carboxylic acids is 1. The Bertz CT molecular complexity index is 489. The first kappa shape index (κ1) is 15.6. The minimum absolute atomic E-state index is 0. The Morgan fingerprint density at radius 2 is 2.10 bits per heavy atom. The van der Waals surface area contributed by atoms with E-state index in [1.54, 1.807) is 0 Å². The van der Waals surface area contributed by atoms with Crippen molar-refractivity contribution in [1.82, 2.24) is 10.6 Å². The average Bonchev–Trinajstić information content (AvgIpc) is 3.12. The van der Waals surface area contributed by atoms with E-state index >= 15 is 0 Å². The summed E-state index contributed by atoms with van der Waals surface area (Å²) in [4.78, 5) is 11.9. The summed E-state index contributed by atoms with van der Waals surface area (Å²) in [5.41, 5.74) is 2.49. The zero-order chi connectivity index (χ0) is 13.2. The second-order valence-corrected chi connectivity index (χ2v) is 6.01. The Morgan fingerprint density at radius 3 is 2.85 bits per heavy atom. The van der Waals surface area contributed by atoms with Crippen LogP contribution in [0.1, 0.15) is 36.4 Å². The Hall–Kier alpha value is -0.770. The summed E-state index contributed by atoms with van der Waals surface area (Å²) in [5, 5.41) is 7.10. The van der Waals surface area contributed by atoms with E-state index in [4.69, 9.17) is 11.6 Å². The van der Waals surface area contributed by atoms with Gasteiger partial charge in [-0.1, -0.05) is 17.7 Å². The van der Waals surface area contributed by atoms with Crippen LogP contribution in [0.15, 0.2) is 18.2 Å². The van der Waals surface area contributed by atoms with Crippen LogP contribution in [0.4, 0.5) is 0 Å². The lowest BCUT2D eigenvalue weighted by Gasteiger charge is -2.14. The van der Waals surface area contributed by atoms with Crippen molar-refractivity contribution in [2.24, 2.45) is 5.92 Å². The minimum atomic E-state index is 0. The van der Waals surface area contributed by atoms with E-state index in [1.165, 1.54) is 24.0 Å². The van der Waals surface area contributed by atoms with Crippen LogP contribution in [-0.4, -0.2) is 19.0 Å². The highest BCUT2D eigenvalue weighted by molar-refractivity contribution is 6.30. The summed E-state index contributed by atoms with van der Waals surface area (Å²) in [7, 11) is 0. The molecule has 1 aromatic rings. The zero-order valence-corrected chi connectivity index (χ0v) is 12.9. The largest absolute Gasteiger partial charge is 0.348 e. The first-order valence-corrected chi connectivity index (χ1v) is 7.38. The number of aryl methyl sites for hydroxylation is 1. The molecule has 0 spiro atoms. The van der Waals surface area contributed by atoms with Crippen LogP contribution in [0.25, 0.3) is 0 Å². The molecule has 20 heavy (non-hydrogen) atoms. The molecule has 1 amide bonds. The number of hydrogen-bond donors (Lipinski definition) is 2. The van der Waals surface area contributed by atoms with Gasteiger partial charge in [0.05, 0.1) is 12.6 Å². The van der Waals surface area contributed by atoms with Gasteiger partial charge in [0, 0.05) is 5.02 Å². The third-order valence-corrected chi connectivity index (χ3v) is 4.17. The van der Waals surface area contributed by atoms with E-state index in [0.717, 1.165) is 30.3 Å². The summed E-state index contributed by atoms with van der Waals surface area (Å²) in [6.07, 6.45) is 4.59. The molecular formula is C15H20Cl2N2O. The predicted molar refractivity (Wildman–Crippen MR) is 83.5 cm³/mol. The Kier molecular flexibility index (Phi) is 5.30. The van der Waals surface area contributed by atoms with Gasteiger partial charge in [-0.05, 0) is 61.4 Å². The van der Waals surface area contributed by atoms with Gasteiger partial charge >= 0.3 is 0 Å². The van der Waals surface area contributed by atoms with Gasteiger partial charge in [-0.2, -0.15) is 0 Å². The lowest BCUT2D eigenvalue weighted by Crippen LogP contribution is -2.36. The molecule has 0 bridgehead atoms. The summed E-state index contributed by atoms with van der Waals surface area (Å²) >= 11 is 5.98. The van der Waals surface area contributed by atoms with Crippen molar-refractivity contribution in [3.8, 4) is 0 Å². The fraction of sp³-hybridized carbons (Fsp3) is 0.533. The third kappa shape index (κ3) is 3.87. The van der Waals surface area contributed by atoms with Gasteiger partial charge in [0.15, 0.2) is 0 Å². The third-order valence-electron chi connectivity index (χ3n) is 3.93. The van der Waals surface area contributed by atoms with Crippen molar-refractivity contribution < 1.29 is 4.79 Å². The Balaban J connectivity index is 0.00000147. The highest BCUT2D eigenvalue weighted by Gasteiger charge is 2.24. The summed E-state index contributed by atoms with van der Waals surface area (Å²) < 4.78 is 0. The fourth-order valence-electron chi connectivity index (χ4n) is 2.69. The summed E-state index contributed by atoms with van der Waals surface area (Å²) in [6.45, 7) is 1.40. The number of rotatable bonds is 5. The second kappa shape index (κ2) is 6.79. The van der Waals surface area contributed by atoms with E-state index in [9.17, 15) is 4.79 Å². The lowest BCUT2D eigenvalue weighted by atomic mass is 10.1. The number of amides is 1. The molecule has 0 aromatic heterocycles. The van der Waals surface area contributed by atoms with E-state index < -0.39 is 0 Å². The van der Waals surface area contributed by atoms with Crippen molar-refractivity contribution in [1.29, 1.82) is 0 Å². The molecule has 2 aliphatic rings. The standard InChI is InChI=1S/C15H19ClN2O.ClH/c16-12-4-5-13-11(7-12)3-6-14(13)18-15(19)9-17-8-10-1-2-10;/h4-5,7,10,14,17H,1-3,6,8-9H2,(H,18,19);1H. The van der Waals surface area contributed by atoms with Crippen LogP contribution >= 0.6 is 24.0 Å². The minimum Gasteiger partial charge on any atom is -0.348 e. The number of carbonyl (C=O) groups is 1. The van der Waals surface area contributed by atoms with Crippen LogP contribution in [-0.2, 0) is 11.2 Å². The SMILES string of the molecule is Cl.O=C(CNCC1CC1)NC1CCc2cc(Cl)ccc21. The summed E-state index contributed by atoms with van der Waals surface area (Å²) in [5.74, 6) is 0.899. The lowest BCUT2D eigenvalue weighted by molar-refractivity contribution is -0.121. The Labute approximate surface area is 130 Å². The molecule has 1 saturated carbocycles. The molecule has 1 unspecified atom stereocenters. The van der Waals surface area contributed by atoms with Crippen LogP contribution in [0.2, 0.25) is 5.02 Å². The number of fused-ring (bicyclic) bond motifs is 1. The number of hydrogen-bond acceptors (Lipinski definition) is 2. The van der Waals surface area contributed by atoms with Crippen LogP contribution in [0, 0.1) is 5.92 Å². The van der Waals surface area contributed by atoms with Gasteiger partial charge in [-0.3, -0.25) is 4.79 Å². The molecule has 0 saturated heterocycles. The van der Waals surface area contributed by atoms with Gasteiger partial charge in [0.1, 0.15) is 0 Å². The highest BCUT2D eigenvalue weighted by atomic mass is 35.5. The maximum atomic E-state index is 11.9. The zero-order valence-electron chi connectivity index (χ0n) is 11.3. The van der Waals surface area contributed by atoms with Crippen LogP contribution in [0.5, 0.6) is 0 Å². The maximum Gasteiger partial charge on any atom is 0.234 e. The molecular weight excluding hydrogens is 295 g/mol. The Morgan fingerprint density at radius 1 is 1.30 bits per heavy atom. The molecule has 0 heterocycles. The van der Waals surface area contributed by atoms with E-state index in [2.05, 4.69) is 10.6 Å². The topological polar surface area (TPSA) is 41.1 Å². The molecule has 1 atom stereocenters. The van der Waals surface area contributed by atoms with Gasteiger partial charge in [-0.15, -0.1) is 12.4 Å². The maximum absolute atomic E-state index is 11.9. The molecule has 110 valence electrons. The molecule has 2 N–H and O–H groups in total. The molecule has 3 nitrogen and oxygen atoms in total.